The maximum Gasteiger partial charge on any atom is 0.137 e. The van der Waals surface area contributed by atoms with E-state index >= 15 is 0 Å². The first-order valence-corrected chi connectivity index (χ1v) is 5.67. The monoisotopic (exact) mass is 231 g/mol. The summed E-state index contributed by atoms with van der Waals surface area (Å²) >= 11 is 0. The van der Waals surface area contributed by atoms with Crippen LogP contribution in [-0.4, -0.2) is 23.1 Å². The van der Waals surface area contributed by atoms with Crippen LogP contribution in [0.5, 0.6) is 5.75 Å². The van der Waals surface area contributed by atoms with Crippen molar-refractivity contribution in [3.63, 3.8) is 0 Å². The number of nitrogens with one attached hydrogen (secondary N) is 1. The largest absolute Gasteiger partial charge is 0.492 e. The number of rotatable bonds is 4. The molecule has 0 fully saturated rings. The Hall–Kier alpha value is -1.81. The molecule has 0 saturated carbocycles. The second kappa shape index (κ2) is 5.01. The van der Waals surface area contributed by atoms with Gasteiger partial charge in [-0.3, -0.25) is 0 Å². The van der Waals surface area contributed by atoms with Crippen LogP contribution in [0.2, 0.25) is 0 Å². The second-order valence-corrected chi connectivity index (χ2v) is 3.96. The summed E-state index contributed by atoms with van der Waals surface area (Å²) in [7, 11) is 0. The highest BCUT2D eigenvalue weighted by Gasteiger charge is 2.04. The summed E-state index contributed by atoms with van der Waals surface area (Å²) in [6, 6.07) is 7.84. The van der Waals surface area contributed by atoms with Crippen molar-refractivity contribution in [2.45, 2.75) is 13.8 Å². The number of ether oxygens (including phenoxy) is 1. The lowest BCUT2D eigenvalue weighted by Crippen LogP contribution is -2.10. The Morgan fingerprint density at radius 3 is 2.47 bits per heavy atom. The fourth-order valence-corrected chi connectivity index (χ4v) is 1.57. The molecular weight excluding hydrogens is 214 g/mol. The number of imidazole rings is 1. The Kier molecular flexibility index (Phi) is 3.44. The molecular formula is C13H17N3O. The molecule has 0 spiro atoms. The van der Waals surface area contributed by atoms with E-state index in [0.29, 0.717) is 13.2 Å². The number of aryl methyl sites for hydroxylation is 2. The molecule has 90 valence electrons. The summed E-state index contributed by atoms with van der Waals surface area (Å²) < 4.78 is 5.42. The fourth-order valence-electron chi connectivity index (χ4n) is 1.57. The zero-order valence-corrected chi connectivity index (χ0v) is 10.2. The van der Waals surface area contributed by atoms with Gasteiger partial charge < -0.3 is 15.5 Å². The van der Waals surface area contributed by atoms with Crippen molar-refractivity contribution in [3.8, 4) is 17.1 Å². The van der Waals surface area contributed by atoms with E-state index in [0.717, 1.165) is 28.5 Å². The van der Waals surface area contributed by atoms with E-state index in [1.807, 2.05) is 38.1 Å². The van der Waals surface area contributed by atoms with Gasteiger partial charge in [-0.25, -0.2) is 4.98 Å². The van der Waals surface area contributed by atoms with Crippen molar-refractivity contribution >= 4 is 0 Å². The Morgan fingerprint density at radius 1 is 1.24 bits per heavy atom. The summed E-state index contributed by atoms with van der Waals surface area (Å²) in [5, 5.41) is 0. The molecule has 1 heterocycles. The highest BCUT2D eigenvalue weighted by molar-refractivity contribution is 5.57. The van der Waals surface area contributed by atoms with Gasteiger partial charge in [0.2, 0.25) is 0 Å². The molecule has 4 heteroatoms. The molecule has 0 bridgehead atoms. The van der Waals surface area contributed by atoms with Crippen LogP contribution in [0.25, 0.3) is 11.4 Å². The van der Waals surface area contributed by atoms with Crippen molar-refractivity contribution in [2.24, 2.45) is 5.73 Å². The SMILES string of the molecule is Cc1nc(-c2ccc(OCCN)cc2)[nH]c1C. The van der Waals surface area contributed by atoms with Crippen LogP contribution in [-0.2, 0) is 0 Å². The van der Waals surface area contributed by atoms with Crippen molar-refractivity contribution < 1.29 is 4.74 Å². The molecule has 1 aromatic carbocycles. The zero-order valence-electron chi connectivity index (χ0n) is 10.2. The smallest absolute Gasteiger partial charge is 0.137 e. The van der Waals surface area contributed by atoms with Gasteiger partial charge in [-0.1, -0.05) is 0 Å². The molecule has 0 aliphatic rings. The molecule has 0 amide bonds. The van der Waals surface area contributed by atoms with Gasteiger partial charge in [0.1, 0.15) is 18.2 Å². The number of hydrogen-bond acceptors (Lipinski definition) is 3. The molecule has 17 heavy (non-hydrogen) atoms. The average Bonchev–Trinajstić information content (AvgIpc) is 2.68. The average molecular weight is 231 g/mol. The highest BCUT2D eigenvalue weighted by Crippen LogP contribution is 2.20. The summed E-state index contributed by atoms with van der Waals surface area (Å²) in [6.07, 6.45) is 0. The van der Waals surface area contributed by atoms with E-state index in [9.17, 15) is 0 Å². The topological polar surface area (TPSA) is 63.9 Å². The van der Waals surface area contributed by atoms with E-state index in [1.165, 1.54) is 0 Å². The zero-order chi connectivity index (χ0) is 12.3. The van der Waals surface area contributed by atoms with Crippen LogP contribution in [0.1, 0.15) is 11.4 Å². The molecule has 0 aliphatic heterocycles. The summed E-state index contributed by atoms with van der Waals surface area (Å²) in [6.45, 7) is 5.08. The lowest BCUT2D eigenvalue weighted by atomic mass is 10.2. The van der Waals surface area contributed by atoms with Crippen molar-refractivity contribution in [3.05, 3.63) is 35.7 Å². The fraction of sp³-hybridized carbons (Fsp3) is 0.308. The molecule has 2 aromatic rings. The van der Waals surface area contributed by atoms with Crippen molar-refractivity contribution in [2.75, 3.05) is 13.2 Å². The summed E-state index contributed by atoms with van der Waals surface area (Å²) in [5.41, 5.74) is 8.56. The Balaban J connectivity index is 2.17. The third kappa shape index (κ3) is 2.65. The first-order valence-electron chi connectivity index (χ1n) is 5.67. The molecule has 2 rings (SSSR count). The lowest BCUT2D eigenvalue weighted by Gasteiger charge is -2.04. The van der Waals surface area contributed by atoms with Gasteiger partial charge in [0.25, 0.3) is 0 Å². The molecule has 4 nitrogen and oxygen atoms in total. The van der Waals surface area contributed by atoms with Gasteiger partial charge in [0, 0.05) is 17.8 Å². The van der Waals surface area contributed by atoms with Gasteiger partial charge in [0.15, 0.2) is 0 Å². The first kappa shape index (κ1) is 11.7. The molecule has 0 atom stereocenters. The Labute approximate surface area is 101 Å². The third-order valence-electron chi connectivity index (χ3n) is 2.64. The lowest BCUT2D eigenvalue weighted by molar-refractivity contribution is 0.328. The van der Waals surface area contributed by atoms with Crippen LogP contribution in [0.15, 0.2) is 24.3 Å². The predicted octanol–water partition coefficient (Wildman–Crippen LogP) is 2.03. The van der Waals surface area contributed by atoms with Crippen molar-refractivity contribution in [1.29, 1.82) is 0 Å². The highest BCUT2D eigenvalue weighted by atomic mass is 16.5. The molecule has 0 unspecified atom stereocenters. The van der Waals surface area contributed by atoms with E-state index in [1.54, 1.807) is 0 Å². The minimum atomic E-state index is 0.526. The standard InChI is InChI=1S/C13H17N3O/c1-9-10(2)16-13(15-9)11-3-5-12(6-4-11)17-8-7-14/h3-6H,7-8,14H2,1-2H3,(H,15,16). The van der Waals surface area contributed by atoms with E-state index in [-0.39, 0.29) is 0 Å². The van der Waals surface area contributed by atoms with Gasteiger partial charge in [-0.15, -0.1) is 0 Å². The first-order chi connectivity index (χ1) is 8.20. The molecule has 0 saturated heterocycles. The normalized spacial score (nSPS) is 10.5. The minimum absolute atomic E-state index is 0.526. The number of benzene rings is 1. The van der Waals surface area contributed by atoms with Crippen LogP contribution < -0.4 is 10.5 Å². The van der Waals surface area contributed by atoms with E-state index in [2.05, 4.69) is 9.97 Å². The summed E-state index contributed by atoms with van der Waals surface area (Å²) in [5.74, 6) is 1.73. The van der Waals surface area contributed by atoms with Crippen LogP contribution in [0, 0.1) is 13.8 Å². The number of nitrogens with zero attached hydrogens (tertiary/aromatic N) is 1. The predicted molar refractivity (Wildman–Crippen MR) is 68.0 cm³/mol. The maximum atomic E-state index is 5.42. The third-order valence-corrected chi connectivity index (χ3v) is 2.64. The number of aromatic amines is 1. The van der Waals surface area contributed by atoms with Gasteiger partial charge in [-0.05, 0) is 38.1 Å². The van der Waals surface area contributed by atoms with Crippen molar-refractivity contribution in [1.82, 2.24) is 9.97 Å². The Morgan fingerprint density at radius 2 is 1.94 bits per heavy atom. The van der Waals surface area contributed by atoms with Crippen LogP contribution in [0.4, 0.5) is 0 Å². The summed E-state index contributed by atoms with van der Waals surface area (Å²) in [4.78, 5) is 7.71. The molecule has 0 radical (unpaired) electrons. The maximum absolute atomic E-state index is 5.42. The van der Waals surface area contributed by atoms with Gasteiger partial charge in [-0.2, -0.15) is 0 Å². The number of nitrogens with two attached hydrogens (primary N) is 1. The Bertz CT molecular complexity index is 468. The molecule has 1 aromatic heterocycles. The van der Waals surface area contributed by atoms with E-state index in [4.69, 9.17) is 10.5 Å². The molecule has 3 N–H and O–H groups in total. The molecule has 0 aliphatic carbocycles. The second-order valence-electron chi connectivity index (χ2n) is 3.96. The van der Waals surface area contributed by atoms with E-state index < -0.39 is 0 Å². The quantitative estimate of drug-likeness (QED) is 0.846. The van der Waals surface area contributed by atoms with Gasteiger partial charge in [0.05, 0.1) is 5.69 Å². The number of aromatic nitrogens is 2. The minimum Gasteiger partial charge on any atom is -0.492 e. The number of H-pyrrole nitrogens is 1. The van der Waals surface area contributed by atoms with Crippen LogP contribution >= 0.6 is 0 Å². The van der Waals surface area contributed by atoms with Crippen LogP contribution in [0.3, 0.4) is 0 Å². The number of hydrogen-bond donors (Lipinski definition) is 2. The van der Waals surface area contributed by atoms with Gasteiger partial charge >= 0.3 is 0 Å².